The maximum atomic E-state index is 13.2. The van der Waals surface area contributed by atoms with Crippen molar-refractivity contribution >= 4 is 60.7 Å². The van der Waals surface area contributed by atoms with Gasteiger partial charge in [0.2, 0.25) is 10.0 Å². The molecule has 1 aliphatic heterocycles. The number of halogens is 2. The van der Waals surface area contributed by atoms with Crippen LogP contribution in [0.15, 0.2) is 46.3 Å². The van der Waals surface area contributed by atoms with Gasteiger partial charge in [0.05, 0.1) is 31.8 Å². The largest absolute Gasteiger partial charge is 0.380 e. The molecule has 0 bridgehead atoms. The second-order valence-electron chi connectivity index (χ2n) is 8.56. The molecule has 11 heteroatoms. The predicted octanol–water partition coefficient (Wildman–Crippen LogP) is 5.74. The van der Waals surface area contributed by atoms with E-state index in [2.05, 4.69) is 4.99 Å². The highest BCUT2D eigenvalue weighted by molar-refractivity contribution is 7.89. The van der Waals surface area contributed by atoms with E-state index in [9.17, 15) is 13.2 Å². The van der Waals surface area contributed by atoms with Crippen LogP contribution in [0.2, 0.25) is 10.0 Å². The maximum absolute atomic E-state index is 13.2. The maximum Gasteiger partial charge on any atom is 0.279 e. The minimum Gasteiger partial charge on any atom is -0.380 e. The van der Waals surface area contributed by atoms with Gasteiger partial charge < -0.3 is 9.30 Å². The van der Waals surface area contributed by atoms with Crippen LogP contribution < -0.4 is 4.80 Å². The van der Waals surface area contributed by atoms with Crippen molar-refractivity contribution in [1.29, 1.82) is 0 Å². The fourth-order valence-electron chi connectivity index (χ4n) is 4.45. The Morgan fingerprint density at radius 2 is 1.89 bits per heavy atom. The number of aromatic nitrogens is 1. The Hall–Kier alpha value is -1.75. The predicted molar refractivity (Wildman–Crippen MR) is 144 cm³/mol. The van der Waals surface area contributed by atoms with Gasteiger partial charge in [0, 0.05) is 31.3 Å². The molecular weight excluding hydrogens is 541 g/mol. The van der Waals surface area contributed by atoms with Gasteiger partial charge in [-0.25, -0.2) is 8.42 Å². The number of carbonyl (C=O) groups excluding carboxylic acids is 1. The van der Waals surface area contributed by atoms with Gasteiger partial charge >= 0.3 is 0 Å². The quantitative estimate of drug-likeness (QED) is 0.324. The Bertz CT molecular complexity index is 1420. The molecule has 1 unspecified atom stereocenters. The van der Waals surface area contributed by atoms with Gasteiger partial charge in [0.25, 0.3) is 5.91 Å². The summed E-state index contributed by atoms with van der Waals surface area (Å²) < 4.78 is 36.3. The van der Waals surface area contributed by atoms with Crippen LogP contribution in [0, 0.1) is 0 Å². The molecule has 0 aliphatic carbocycles. The third-order valence-corrected chi connectivity index (χ3v) is 10.2. The smallest absolute Gasteiger partial charge is 0.279 e. The molecule has 36 heavy (non-hydrogen) atoms. The van der Waals surface area contributed by atoms with E-state index in [4.69, 9.17) is 27.9 Å². The van der Waals surface area contributed by atoms with Crippen molar-refractivity contribution in [2.75, 3.05) is 19.8 Å². The normalized spacial score (nSPS) is 17.7. The minimum atomic E-state index is -3.62. The van der Waals surface area contributed by atoms with E-state index < -0.39 is 15.9 Å². The van der Waals surface area contributed by atoms with E-state index in [-0.39, 0.29) is 10.9 Å². The van der Waals surface area contributed by atoms with Crippen molar-refractivity contribution in [2.45, 2.75) is 57.0 Å². The van der Waals surface area contributed by atoms with Gasteiger partial charge in [-0.3, -0.25) is 4.79 Å². The lowest BCUT2D eigenvalue weighted by Gasteiger charge is -2.34. The topological polar surface area (TPSA) is 81.0 Å². The monoisotopic (exact) mass is 569 g/mol. The van der Waals surface area contributed by atoms with Crippen LogP contribution in [-0.2, 0) is 21.3 Å². The van der Waals surface area contributed by atoms with Crippen LogP contribution in [0.1, 0.15) is 49.9 Å². The number of sulfonamides is 1. The van der Waals surface area contributed by atoms with E-state index in [1.807, 2.05) is 24.5 Å². The molecule has 4 rings (SSSR count). The first-order valence-electron chi connectivity index (χ1n) is 12.0. The van der Waals surface area contributed by atoms with Crippen molar-refractivity contribution in [3.8, 4) is 0 Å². The summed E-state index contributed by atoms with van der Waals surface area (Å²) in [7, 11) is -3.62. The Morgan fingerprint density at radius 1 is 1.14 bits per heavy atom. The van der Waals surface area contributed by atoms with Crippen LogP contribution in [0.3, 0.4) is 0 Å². The summed E-state index contributed by atoms with van der Waals surface area (Å²) in [6, 6.07) is 9.59. The number of rotatable bonds is 8. The Balaban J connectivity index is 1.66. The van der Waals surface area contributed by atoms with Crippen molar-refractivity contribution in [3.05, 3.63) is 56.8 Å². The summed E-state index contributed by atoms with van der Waals surface area (Å²) in [5.74, 6) is -0.470. The molecule has 2 aromatic carbocycles. The molecule has 1 aromatic heterocycles. The Morgan fingerprint density at radius 3 is 2.58 bits per heavy atom. The highest BCUT2D eigenvalue weighted by atomic mass is 35.5. The molecule has 1 atom stereocenters. The standard InChI is InChI=1S/C25H29Cl2N3O4S2/c1-3-18-7-5-6-14-30(18)36(32,33)19-10-8-17(9-11-19)24(31)28-25-29(15-16-34-4-2)23-21(35-25)13-12-20(26)22(23)27/h8-13,18H,3-7,14-16H2,1-2H3. The second-order valence-corrected chi connectivity index (χ2v) is 12.2. The summed E-state index contributed by atoms with van der Waals surface area (Å²) in [5, 5.41) is 0.814. The number of fused-ring (bicyclic) bond motifs is 1. The molecule has 0 N–H and O–H groups in total. The second kappa shape index (κ2) is 11.8. The van der Waals surface area contributed by atoms with Crippen molar-refractivity contribution in [1.82, 2.24) is 8.87 Å². The number of ether oxygens (including phenoxy) is 1. The first-order valence-corrected chi connectivity index (χ1v) is 15.0. The van der Waals surface area contributed by atoms with Crippen LogP contribution in [0.25, 0.3) is 10.2 Å². The van der Waals surface area contributed by atoms with E-state index in [1.54, 1.807) is 10.4 Å². The fraction of sp³-hybridized carbons (Fsp3) is 0.440. The number of benzene rings is 2. The van der Waals surface area contributed by atoms with Crippen molar-refractivity contribution in [3.63, 3.8) is 0 Å². The lowest BCUT2D eigenvalue weighted by molar-refractivity contribution is 0.0996. The number of hydrogen-bond acceptors (Lipinski definition) is 5. The fourth-order valence-corrected chi connectivity index (χ4v) is 7.76. The first kappa shape index (κ1) is 27.3. The SMILES string of the molecule is CCOCCn1c(=NC(=O)c2ccc(S(=O)(=O)N3CCCCC3CC)cc2)sc2ccc(Cl)c(Cl)c21. The lowest BCUT2D eigenvalue weighted by atomic mass is 10.0. The highest BCUT2D eigenvalue weighted by Gasteiger charge is 2.32. The summed E-state index contributed by atoms with van der Waals surface area (Å²) in [5.41, 5.74) is 1.01. The molecule has 1 aliphatic rings. The van der Waals surface area contributed by atoms with Gasteiger partial charge in [-0.2, -0.15) is 9.30 Å². The molecule has 2 heterocycles. The van der Waals surface area contributed by atoms with E-state index in [1.165, 1.54) is 35.6 Å². The Kier molecular flexibility index (Phi) is 8.91. The molecule has 7 nitrogen and oxygen atoms in total. The number of amides is 1. The Labute approximate surface area is 225 Å². The molecule has 1 fully saturated rings. The average molecular weight is 571 g/mol. The molecule has 1 amide bonds. The van der Waals surface area contributed by atoms with Crippen LogP contribution in [0.4, 0.5) is 0 Å². The zero-order chi connectivity index (χ0) is 25.9. The number of nitrogens with zero attached hydrogens (tertiary/aromatic N) is 3. The third kappa shape index (κ3) is 5.56. The molecule has 0 spiro atoms. The molecule has 3 aromatic rings. The van der Waals surface area contributed by atoms with Gasteiger partial charge in [0.1, 0.15) is 0 Å². The van der Waals surface area contributed by atoms with Gasteiger partial charge in [-0.1, -0.05) is 47.9 Å². The third-order valence-electron chi connectivity index (χ3n) is 6.35. The zero-order valence-electron chi connectivity index (χ0n) is 20.2. The molecule has 194 valence electrons. The summed E-state index contributed by atoms with van der Waals surface area (Å²) in [6.07, 6.45) is 3.55. The van der Waals surface area contributed by atoms with Crippen LogP contribution in [-0.4, -0.2) is 49.0 Å². The van der Waals surface area contributed by atoms with Crippen LogP contribution >= 0.6 is 34.5 Å². The minimum absolute atomic E-state index is 0.0143. The van der Waals surface area contributed by atoms with Crippen LogP contribution in [0.5, 0.6) is 0 Å². The van der Waals surface area contributed by atoms with Crippen molar-refractivity contribution < 1.29 is 17.9 Å². The number of carbonyl (C=O) groups is 1. The number of thiazole rings is 1. The highest BCUT2D eigenvalue weighted by Crippen LogP contribution is 2.32. The number of piperidine rings is 1. The van der Waals surface area contributed by atoms with E-state index in [0.29, 0.717) is 52.2 Å². The molecule has 1 saturated heterocycles. The molecule has 0 saturated carbocycles. The van der Waals surface area contributed by atoms with Gasteiger partial charge in [-0.05, 0) is 62.6 Å². The number of hydrogen-bond donors (Lipinski definition) is 0. The van der Waals surface area contributed by atoms with Gasteiger partial charge in [-0.15, -0.1) is 0 Å². The first-order chi connectivity index (χ1) is 17.3. The average Bonchev–Trinajstić information content (AvgIpc) is 3.23. The lowest BCUT2D eigenvalue weighted by Crippen LogP contribution is -2.43. The summed E-state index contributed by atoms with van der Waals surface area (Å²) in [4.78, 5) is 18.1. The van der Waals surface area contributed by atoms with Crippen molar-refractivity contribution in [2.24, 2.45) is 4.99 Å². The zero-order valence-corrected chi connectivity index (χ0v) is 23.4. The van der Waals surface area contributed by atoms with E-state index >= 15 is 0 Å². The summed E-state index contributed by atoms with van der Waals surface area (Å²) in [6.45, 7) is 5.88. The van der Waals surface area contributed by atoms with Gasteiger partial charge in [0.15, 0.2) is 4.80 Å². The summed E-state index contributed by atoms with van der Waals surface area (Å²) >= 11 is 14.0. The molecule has 0 radical (unpaired) electrons. The molecular formula is C25H29Cl2N3O4S2. The van der Waals surface area contributed by atoms with E-state index in [0.717, 1.165) is 30.4 Å².